The van der Waals surface area contributed by atoms with E-state index in [2.05, 4.69) is 10.1 Å². The van der Waals surface area contributed by atoms with Crippen molar-refractivity contribution >= 4 is 5.91 Å². The summed E-state index contributed by atoms with van der Waals surface area (Å²) in [6.45, 7) is 5.28. The second-order valence-corrected chi connectivity index (χ2v) is 5.63. The minimum Gasteiger partial charge on any atom is -0.492 e. The van der Waals surface area contributed by atoms with Crippen molar-refractivity contribution < 1.29 is 14.1 Å². The van der Waals surface area contributed by atoms with Crippen LogP contribution >= 0.6 is 0 Å². The molecule has 1 amide bonds. The maximum absolute atomic E-state index is 12.8. The molecule has 6 nitrogen and oxygen atoms in total. The van der Waals surface area contributed by atoms with Gasteiger partial charge >= 0.3 is 0 Å². The second-order valence-electron chi connectivity index (χ2n) is 5.63. The van der Waals surface area contributed by atoms with E-state index in [1.807, 2.05) is 38.1 Å². The largest absolute Gasteiger partial charge is 0.492 e. The number of para-hydroxylation sites is 1. The highest BCUT2D eigenvalue weighted by Crippen LogP contribution is 2.27. The number of benzene rings is 1. The average molecular weight is 315 g/mol. The standard InChI is InChI=1S/C17H21N3O3/c1-3-15-18-16(23-19-15)10-20(4-2)17(21)13-9-12-7-5-6-8-14(12)22-11-13/h5-8,13H,3-4,9-11H2,1-2H3. The highest BCUT2D eigenvalue weighted by Gasteiger charge is 2.29. The Labute approximate surface area is 135 Å². The molecule has 0 N–H and O–H groups in total. The third-order valence-corrected chi connectivity index (χ3v) is 4.07. The third kappa shape index (κ3) is 3.36. The molecule has 0 bridgehead atoms. The van der Waals surface area contributed by atoms with Crippen LogP contribution in [0, 0.1) is 5.92 Å². The van der Waals surface area contributed by atoms with Crippen LogP contribution in [0.3, 0.4) is 0 Å². The number of carbonyl (C=O) groups is 1. The normalized spacial score (nSPS) is 16.5. The molecule has 1 atom stereocenters. The van der Waals surface area contributed by atoms with Gasteiger partial charge in [0, 0.05) is 13.0 Å². The highest BCUT2D eigenvalue weighted by atomic mass is 16.5. The first-order valence-corrected chi connectivity index (χ1v) is 8.02. The summed E-state index contributed by atoms with van der Waals surface area (Å²) in [5.74, 6) is 1.92. The fraction of sp³-hybridized carbons (Fsp3) is 0.471. The van der Waals surface area contributed by atoms with Crippen molar-refractivity contribution in [2.24, 2.45) is 5.92 Å². The van der Waals surface area contributed by atoms with Crippen LogP contribution in [0.2, 0.25) is 0 Å². The Balaban J connectivity index is 1.68. The number of aromatic nitrogens is 2. The lowest BCUT2D eigenvalue weighted by Crippen LogP contribution is -2.40. The number of hydrogen-bond donors (Lipinski definition) is 0. The van der Waals surface area contributed by atoms with Crippen LogP contribution in [0.15, 0.2) is 28.8 Å². The van der Waals surface area contributed by atoms with Crippen molar-refractivity contribution in [2.45, 2.75) is 33.2 Å². The van der Waals surface area contributed by atoms with Crippen LogP contribution in [-0.4, -0.2) is 34.1 Å². The van der Waals surface area contributed by atoms with Gasteiger partial charge in [-0.3, -0.25) is 4.79 Å². The molecule has 6 heteroatoms. The van der Waals surface area contributed by atoms with Crippen LogP contribution < -0.4 is 4.74 Å². The average Bonchev–Trinajstić information content (AvgIpc) is 3.06. The van der Waals surface area contributed by atoms with Gasteiger partial charge in [0.15, 0.2) is 5.82 Å². The van der Waals surface area contributed by atoms with E-state index in [1.54, 1.807) is 4.90 Å². The van der Waals surface area contributed by atoms with E-state index in [4.69, 9.17) is 9.26 Å². The van der Waals surface area contributed by atoms with Crippen LogP contribution in [0.5, 0.6) is 5.75 Å². The summed E-state index contributed by atoms with van der Waals surface area (Å²) in [4.78, 5) is 18.8. The number of rotatable bonds is 5. The molecule has 0 spiro atoms. The summed E-state index contributed by atoms with van der Waals surface area (Å²) in [7, 11) is 0. The summed E-state index contributed by atoms with van der Waals surface area (Å²) in [5.41, 5.74) is 1.08. The minimum absolute atomic E-state index is 0.0678. The maximum Gasteiger partial charge on any atom is 0.246 e. The predicted molar refractivity (Wildman–Crippen MR) is 83.9 cm³/mol. The van der Waals surface area contributed by atoms with Gasteiger partial charge in [-0.1, -0.05) is 30.3 Å². The molecule has 2 heterocycles. The molecule has 1 unspecified atom stereocenters. The van der Waals surface area contributed by atoms with Gasteiger partial charge in [-0.05, 0) is 25.0 Å². The van der Waals surface area contributed by atoms with Gasteiger partial charge in [-0.2, -0.15) is 4.98 Å². The molecular weight excluding hydrogens is 294 g/mol. The molecule has 0 fully saturated rings. The minimum atomic E-state index is -0.168. The lowest BCUT2D eigenvalue weighted by Gasteiger charge is -2.29. The van der Waals surface area contributed by atoms with Crippen molar-refractivity contribution in [3.63, 3.8) is 0 Å². The van der Waals surface area contributed by atoms with Crippen molar-refractivity contribution in [2.75, 3.05) is 13.2 Å². The van der Waals surface area contributed by atoms with Crippen molar-refractivity contribution in [3.8, 4) is 5.75 Å². The zero-order valence-electron chi connectivity index (χ0n) is 13.5. The van der Waals surface area contributed by atoms with E-state index < -0.39 is 0 Å². The Hall–Kier alpha value is -2.37. The third-order valence-electron chi connectivity index (χ3n) is 4.07. The topological polar surface area (TPSA) is 68.5 Å². The molecule has 0 aliphatic carbocycles. The molecule has 3 rings (SSSR count). The number of carbonyl (C=O) groups excluding carboxylic acids is 1. The van der Waals surface area contributed by atoms with Crippen molar-refractivity contribution in [1.82, 2.24) is 15.0 Å². The zero-order valence-corrected chi connectivity index (χ0v) is 13.5. The number of nitrogens with zero attached hydrogens (tertiary/aromatic N) is 3. The Morgan fingerprint density at radius 3 is 2.91 bits per heavy atom. The van der Waals surface area contributed by atoms with E-state index in [0.717, 1.165) is 17.7 Å². The van der Waals surface area contributed by atoms with Crippen molar-refractivity contribution in [3.05, 3.63) is 41.5 Å². The van der Waals surface area contributed by atoms with Gasteiger partial charge in [-0.25, -0.2) is 0 Å². The summed E-state index contributed by atoms with van der Waals surface area (Å²) in [5, 5.41) is 3.87. The van der Waals surface area contributed by atoms with Gasteiger partial charge in [0.05, 0.1) is 12.5 Å². The van der Waals surface area contributed by atoms with E-state index in [-0.39, 0.29) is 11.8 Å². The number of hydrogen-bond acceptors (Lipinski definition) is 5. The van der Waals surface area contributed by atoms with Gasteiger partial charge < -0.3 is 14.2 Å². The Morgan fingerprint density at radius 1 is 1.35 bits per heavy atom. The molecule has 0 saturated carbocycles. The number of fused-ring (bicyclic) bond motifs is 1. The van der Waals surface area contributed by atoms with Crippen LogP contribution in [-0.2, 0) is 24.2 Å². The first kappa shape index (κ1) is 15.5. The Morgan fingerprint density at radius 2 is 2.17 bits per heavy atom. The van der Waals surface area contributed by atoms with E-state index >= 15 is 0 Å². The maximum atomic E-state index is 12.8. The number of ether oxygens (including phenoxy) is 1. The molecule has 23 heavy (non-hydrogen) atoms. The molecule has 0 saturated heterocycles. The quantitative estimate of drug-likeness (QED) is 0.846. The lowest BCUT2D eigenvalue weighted by molar-refractivity contribution is -0.137. The zero-order chi connectivity index (χ0) is 16.2. The molecule has 1 aromatic heterocycles. The van der Waals surface area contributed by atoms with Gasteiger partial charge in [0.1, 0.15) is 12.4 Å². The molecule has 0 radical (unpaired) electrons. The van der Waals surface area contributed by atoms with Gasteiger partial charge in [-0.15, -0.1) is 0 Å². The molecule has 1 aliphatic rings. The van der Waals surface area contributed by atoms with E-state index in [0.29, 0.717) is 37.8 Å². The number of aryl methyl sites for hydroxylation is 1. The van der Waals surface area contributed by atoms with Gasteiger partial charge in [0.2, 0.25) is 11.8 Å². The van der Waals surface area contributed by atoms with E-state index in [1.165, 1.54) is 0 Å². The molecule has 2 aromatic rings. The highest BCUT2D eigenvalue weighted by molar-refractivity contribution is 5.79. The molecule has 122 valence electrons. The lowest BCUT2D eigenvalue weighted by atomic mass is 9.95. The smallest absolute Gasteiger partial charge is 0.246 e. The number of amides is 1. The SMILES string of the molecule is CCc1noc(CN(CC)C(=O)C2COc3ccccc3C2)n1. The Bertz CT molecular complexity index is 683. The summed E-state index contributed by atoms with van der Waals surface area (Å²) in [6, 6.07) is 7.87. The second kappa shape index (κ2) is 6.81. The van der Waals surface area contributed by atoms with Crippen LogP contribution in [0.1, 0.15) is 31.1 Å². The fourth-order valence-corrected chi connectivity index (χ4v) is 2.75. The first-order chi connectivity index (χ1) is 11.2. The molecular formula is C17H21N3O3. The van der Waals surface area contributed by atoms with Crippen LogP contribution in [0.25, 0.3) is 0 Å². The monoisotopic (exact) mass is 315 g/mol. The van der Waals surface area contributed by atoms with Crippen LogP contribution in [0.4, 0.5) is 0 Å². The summed E-state index contributed by atoms with van der Waals surface area (Å²) in [6.07, 6.45) is 1.42. The summed E-state index contributed by atoms with van der Waals surface area (Å²) >= 11 is 0. The molecule has 1 aromatic carbocycles. The van der Waals surface area contributed by atoms with E-state index in [9.17, 15) is 4.79 Å². The van der Waals surface area contributed by atoms with Gasteiger partial charge in [0.25, 0.3) is 0 Å². The molecule has 1 aliphatic heterocycles. The first-order valence-electron chi connectivity index (χ1n) is 8.02. The Kier molecular flexibility index (Phi) is 4.60. The fourth-order valence-electron chi connectivity index (χ4n) is 2.75. The predicted octanol–water partition coefficient (Wildman–Crippen LogP) is 2.23. The van der Waals surface area contributed by atoms with Crippen molar-refractivity contribution in [1.29, 1.82) is 0 Å². The summed E-state index contributed by atoms with van der Waals surface area (Å²) < 4.78 is 10.9.